The fraction of sp³-hybridized carbons (Fsp3) is 0.312. The van der Waals surface area contributed by atoms with Gasteiger partial charge in [-0.25, -0.2) is 0 Å². The van der Waals surface area contributed by atoms with E-state index in [1.54, 1.807) is 30.3 Å². The summed E-state index contributed by atoms with van der Waals surface area (Å²) in [5.41, 5.74) is 2.25. The van der Waals surface area contributed by atoms with Gasteiger partial charge in [0.2, 0.25) is 5.76 Å². The number of rotatable bonds is 6. The van der Waals surface area contributed by atoms with Gasteiger partial charge in [0.15, 0.2) is 0 Å². The molecule has 2 rings (SSSR count). The Morgan fingerprint density at radius 3 is 2.50 bits per heavy atom. The molecule has 1 amide bonds. The summed E-state index contributed by atoms with van der Waals surface area (Å²) < 4.78 is 5.02. The molecule has 6 heteroatoms. The van der Waals surface area contributed by atoms with E-state index in [2.05, 4.69) is 10.5 Å². The Bertz CT molecular complexity index is 659. The van der Waals surface area contributed by atoms with E-state index in [-0.39, 0.29) is 24.0 Å². The van der Waals surface area contributed by atoms with E-state index in [1.807, 2.05) is 13.8 Å². The standard InChI is InChI=1S/C16H18N2O4/c1-10(2)13-9-14(22-18-13)16(21)17-12-6-3-11(4-7-12)5-8-15(19)20/h3-4,6-7,9-10H,5,8H2,1-2H3,(H,17,21)(H,19,20). The van der Waals surface area contributed by atoms with Crippen LogP contribution < -0.4 is 5.32 Å². The Hall–Kier alpha value is -2.63. The van der Waals surface area contributed by atoms with Crippen molar-refractivity contribution < 1.29 is 19.2 Å². The Kier molecular flexibility index (Phi) is 4.93. The largest absolute Gasteiger partial charge is 0.481 e. The molecule has 0 aliphatic heterocycles. The second-order valence-corrected chi connectivity index (χ2v) is 5.32. The molecule has 2 N–H and O–H groups in total. The smallest absolute Gasteiger partial charge is 0.303 e. The Balaban J connectivity index is 1.97. The Morgan fingerprint density at radius 1 is 1.27 bits per heavy atom. The van der Waals surface area contributed by atoms with Crippen molar-refractivity contribution in [3.63, 3.8) is 0 Å². The van der Waals surface area contributed by atoms with E-state index < -0.39 is 5.97 Å². The lowest BCUT2D eigenvalue weighted by molar-refractivity contribution is -0.136. The molecule has 0 unspecified atom stereocenters. The number of aliphatic carboxylic acids is 1. The fourth-order valence-corrected chi connectivity index (χ4v) is 1.87. The maximum absolute atomic E-state index is 12.0. The first-order valence-electron chi connectivity index (χ1n) is 7.04. The molecular weight excluding hydrogens is 284 g/mol. The van der Waals surface area contributed by atoms with Crippen LogP contribution in [0, 0.1) is 0 Å². The molecule has 0 saturated heterocycles. The zero-order valence-corrected chi connectivity index (χ0v) is 12.5. The van der Waals surface area contributed by atoms with Gasteiger partial charge in [-0.1, -0.05) is 31.1 Å². The lowest BCUT2D eigenvalue weighted by Crippen LogP contribution is -2.10. The maximum atomic E-state index is 12.0. The zero-order valence-electron chi connectivity index (χ0n) is 12.5. The van der Waals surface area contributed by atoms with Gasteiger partial charge in [0.1, 0.15) is 0 Å². The number of carboxylic acid groups (broad SMARTS) is 1. The monoisotopic (exact) mass is 302 g/mol. The number of hydrogen-bond donors (Lipinski definition) is 2. The van der Waals surface area contributed by atoms with Gasteiger partial charge in [0.25, 0.3) is 5.91 Å². The van der Waals surface area contributed by atoms with Crippen LogP contribution >= 0.6 is 0 Å². The number of anilines is 1. The van der Waals surface area contributed by atoms with Crippen LogP contribution in [0.3, 0.4) is 0 Å². The average Bonchev–Trinajstić information content (AvgIpc) is 2.96. The van der Waals surface area contributed by atoms with Crippen LogP contribution in [0.5, 0.6) is 0 Å². The van der Waals surface area contributed by atoms with Crippen molar-refractivity contribution in [3.05, 3.63) is 47.3 Å². The first-order valence-corrected chi connectivity index (χ1v) is 7.04. The highest BCUT2D eigenvalue weighted by molar-refractivity contribution is 6.02. The number of amides is 1. The number of nitrogens with zero attached hydrogens (tertiary/aromatic N) is 1. The topological polar surface area (TPSA) is 92.4 Å². The molecule has 22 heavy (non-hydrogen) atoms. The highest BCUT2D eigenvalue weighted by Gasteiger charge is 2.14. The molecule has 1 heterocycles. The molecule has 6 nitrogen and oxygen atoms in total. The molecule has 0 fully saturated rings. The fourth-order valence-electron chi connectivity index (χ4n) is 1.87. The molecule has 116 valence electrons. The number of aromatic nitrogens is 1. The summed E-state index contributed by atoms with van der Waals surface area (Å²) in [5, 5.41) is 15.2. The van der Waals surface area contributed by atoms with E-state index in [4.69, 9.17) is 9.63 Å². The van der Waals surface area contributed by atoms with Crippen molar-refractivity contribution in [1.29, 1.82) is 0 Å². The summed E-state index contributed by atoms with van der Waals surface area (Å²) in [4.78, 5) is 22.5. The Morgan fingerprint density at radius 2 is 1.95 bits per heavy atom. The molecule has 0 saturated carbocycles. The lowest BCUT2D eigenvalue weighted by Gasteiger charge is -2.04. The van der Waals surface area contributed by atoms with Crippen molar-refractivity contribution in [3.8, 4) is 0 Å². The van der Waals surface area contributed by atoms with Gasteiger partial charge in [0, 0.05) is 18.2 Å². The van der Waals surface area contributed by atoms with Crippen molar-refractivity contribution in [2.45, 2.75) is 32.6 Å². The molecule has 0 spiro atoms. The van der Waals surface area contributed by atoms with Gasteiger partial charge in [0.05, 0.1) is 5.69 Å². The minimum Gasteiger partial charge on any atom is -0.481 e. The Labute approximate surface area is 128 Å². The SMILES string of the molecule is CC(C)c1cc(C(=O)Nc2ccc(CCC(=O)O)cc2)on1. The third kappa shape index (κ3) is 4.18. The van der Waals surface area contributed by atoms with Gasteiger partial charge in [-0.2, -0.15) is 0 Å². The highest BCUT2D eigenvalue weighted by atomic mass is 16.5. The van der Waals surface area contributed by atoms with E-state index in [1.165, 1.54) is 0 Å². The summed E-state index contributed by atoms with van der Waals surface area (Å²) in [6.07, 6.45) is 0.547. The van der Waals surface area contributed by atoms with Crippen LogP contribution in [0.1, 0.15) is 48.0 Å². The van der Waals surface area contributed by atoms with Gasteiger partial charge < -0.3 is 14.9 Å². The normalized spacial score (nSPS) is 10.7. The summed E-state index contributed by atoms with van der Waals surface area (Å²) in [6, 6.07) is 8.67. The van der Waals surface area contributed by atoms with Crippen LogP contribution in [0.2, 0.25) is 0 Å². The van der Waals surface area contributed by atoms with Crippen LogP contribution in [-0.4, -0.2) is 22.1 Å². The predicted octanol–water partition coefficient (Wildman–Crippen LogP) is 3.07. The van der Waals surface area contributed by atoms with E-state index >= 15 is 0 Å². The summed E-state index contributed by atoms with van der Waals surface area (Å²) >= 11 is 0. The average molecular weight is 302 g/mol. The highest BCUT2D eigenvalue weighted by Crippen LogP contribution is 2.16. The van der Waals surface area contributed by atoms with Gasteiger partial charge in [-0.15, -0.1) is 0 Å². The lowest BCUT2D eigenvalue weighted by atomic mass is 10.1. The van der Waals surface area contributed by atoms with Gasteiger partial charge >= 0.3 is 5.97 Å². The number of hydrogen-bond acceptors (Lipinski definition) is 4. The summed E-state index contributed by atoms with van der Waals surface area (Å²) in [6.45, 7) is 3.94. The van der Waals surface area contributed by atoms with E-state index in [0.29, 0.717) is 12.1 Å². The number of carbonyl (C=O) groups is 2. The molecule has 0 bridgehead atoms. The molecule has 0 aliphatic rings. The summed E-state index contributed by atoms with van der Waals surface area (Å²) in [5.74, 6) is -0.834. The van der Waals surface area contributed by atoms with Gasteiger partial charge in [-0.05, 0) is 30.0 Å². The van der Waals surface area contributed by atoms with Crippen LogP contribution in [0.15, 0.2) is 34.9 Å². The predicted molar refractivity (Wildman–Crippen MR) is 80.9 cm³/mol. The van der Waals surface area contributed by atoms with Crippen molar-refractivity contribution in [2.24, 2.45) is 0 Å². The zero-order chi connectivity index (χ0) is 16.1. The second kappa shape index (κ2) is 6.89. The van der Waals surface area contributed by atoms with Crippen molar-refractivity contribution in [2.75, 3.05) is 5.32 Å². The minimum absolute atomic E-state index is 0.0851. The number of aryl methyl sites for hydroxylation is 1. The molecule has 1 aromatic heterocycles. The number of carbonyl (C=O) groups excluding carboxylic acids is 1. The number of nitrogens with one attached hydrogen (secondary N) is 1. The third-order valence-corrected chi connectivity index (χ3v) is 3.18. The first kappa shape index (κ1) is 15.8. The molecule has 0 radical (unpaired) electrons. The number of carboxylic acids is 1. The van der Waals surface area contributed by atoms with Crippen molar-refractivity contribution in [1.82, 2.24) is 5.16 Å². The van der Waals surface area contributed by atoms with Gasteiger partial charge in [-0.3, -0.25) is 9.59 Å². The maximum Gasteiger partial charge on any atom is 0.303 e. The molecular formula is C16H18N2O4. The van der Waals surface area contributed by atoms with Crippen LogP contribution in [-0.2, 0) is 11.2 Å². The van der Waals surface area contributed by atoms with E-state index in [9.17, 15) is 9.59 Å². The molecule has 0 atom stereocenters. The minimum atomic E-state index is -0.830. The van der Waals surface area contributed by atoms with Crippen molar-refractivity contribution >= 4 is 17.6 Å². The van der Waals surface area contributed by atoms with Crippen LogP contribution in [0.25, 0.3) is 0 Å². The second-order valence-electron chi connectivity index (χ2n) is 5.32. The molecule has 2 aromatic rings. The van der Waals surface area contributed by atoms with Crippen LogP contribution in [0.4, 0.5) is 5.69 Å². The molecule has 0 aliphatic carbocycles. The summed E-state index contributed by atoms with van der Waals surface area (Å²) in [7, 11) is 0. The molecule has 1 aromatic carbocycles. The first-order chi connectivity index (χ1) is 10.5. The third-order valence-electron chi connectivity index (χ3n) is 3.18. The van der Waals surface area contributed by atoms with E-state index in [0.717, 1.165) is 11.3 Å². The quantitative estimate of drug-likeness (QED) is 0.855. The number of benzene rings is 1.